The van der Waals surface area contributed by atoms with E-state index >= 15 is 0 Å². The third-order valence-corrected chi connectivity index (χ3v) is 3.38. The molecule has 2 aromatic carbocycles. The number of hydrogen-bond acceptors (Lipinski definition) is 4. The number of non-ortho nitro benzene ring substituents is 1. The van der Waals surface area contributed by atoms with Gasteiger partial charge in [0.1, 0.15) is 0 Å². The van der Waals surface area contributed by atoms with E-state index < -0.39 is 4.92 Å². The van der Waals surface area contributed by atoms with Crippen molar-refractivity contribution in [3.8, 4) is 11.8 Å². The molecule has 0 atom stereocenters. The van der Waals surface area contributed by atoms with Gasteiger partial charge >= 0.3 is 0 Å². The molecule has 0 heterocycles. The first-order chi connectivity index (χ1) is 11.1. The molecule has 3 rings (SSSR count). The molecule has 0 saturated heterocycles. The van der Waals surface area contributed by atoms with Crippen LogP contribution in [0, 0.1) is 22.0 Å². The predicted molar refractivity (Wildman–Crippen MR) is 83.3 cm³/mol. The van der Waals surface area contributed by atoms with Crippen LogP contribution >= 0.6 is 0 Å². The van der Waals surface area contributed by atoms with E-state index in [1.165, 1.54) is 36.4 Å². The Morgan fingerprint density at radius 3 is 2.26 bits per heavy atom. The lowest BCUT2D eigenvalue weighted by molar-refractivity contribution is -0.384. The number of benzene rings is 2. The fraction of sp³-hybridized carbons (Fsp3) is 0. The summed E-state index contributed by atoms with van der Waals surface area (Å²) in [6.07, 6.45) is 2.49. The Balaban J connectivity index is 2.00. The second-order valence-electron chi connectivity index (χ2n) is 4.84. The summed E-state index contributed by atoms with van der Waals surface area (Å²) < 4.78 is 0. The zero-order valence-corrected chi connectivity index (χ0v) is 11.8. The summed E-state index contributed by atoms with van der Waals surface area (Å²) in [5, 5.41) is 10.6. The number of rotatable bonds is 1. The van der Waals surface area contributed by atoms with Gasteiger partial charge in [-0.05, 0) is 30.4 Å². The van der Waals surface area contributed by atoms with Gasteiger partial charge in [-0.1, -0.05) is 24.0 Å². The molecule has 0 radical (unpaired) electrons. The third-order valence-electron chi connectivity index (χ3n) is 3.38. The molecule has 5 nitrogen and oxygen atoms in total. The van der Waals surface area contributed by atoms with Gasteiger partial charge < -0.3 is 0 Å². The Morgan fingerprint density at radius 2 is 1.57 bits per heavy atom. The van der Waals surface area contributed by atoms with Crippen molar-refractivity contribution in [2.45, 2.75) is 0 Å². The summed E-state index contributed by atoms with van der Waals surface area (Å²) in [7, 11) is 0. The molecule has 0 N–H and O–H groups in total. The first-order valence-corrected chi connectivity index (χ1v) is 6.72. The molecule has 110 valence electrons. The molecule has 0 unspecified atom stereocenters. The lowest BCUT2D eigenvalue weighted by Gasteiger charge is -2.10. The topological polar surface area (TPSA) is 77.3 Å². The van der Waals surface area contributed by atoms with Gasteiger partial charge in [0.15, 0.2) is 11.6 Å². The molecule has 0 bridgehead atoms. The van der Waals surface area contributed by atoms with Crippen molar-refractivity contribution in [2.75, 3.05) is 0 Å². The van der Waals surface area contributed by atoms with E-state index in [4.69, 9.17) is 0 Å². The molecule has 0 saturated carbocycles. The second kappa shape index (κ2) is 5.70. The van der Waals surface area contributed by atoms with Gasteiger partial charge in [0.25, 0.3) is 5.69 Å². The number of carbonyl (C=O) groups is 2. The van der Waals surface area contributed by atoms with E-state index in [9.17, 15) is 19.7 Å². The first kappa shape index (κ1) is 14.4. The highest BCUT2D eigenvalue weighted by atomic mass is 16.6. The van der Waals surface area contributed by atoms with Crippen LogP contribution in [0.5, 0.6) is 0 Å². The fourth-order valence-corrected chi connectivity index (χ4v) is 2.26. The van der Waals surface area contributed by atoms with E-state index in [1.807, 2.05) is 0 Å². The van der Waals surface area contributed by atoms with Gasteiger partial charge in [0.05, 0.1) is 4.92 Å². The minimum Gasteiger partial charge on any atom is -0.289 e. The minimum atomic E-state index is -0.485. The number of ketones is 2. The molecule has 23 heavy (non-hydrogen) atoms. The molecular formula is C18H9NO4. The van der Waals surface area contributed by atoms with Crippen LogP contribution in [0.1, 0.15) is 31.8 Å². The van der Waals surface area contributed by atoms with E-state index in [0.717, 1.165) is 0 Å². The highest BCUT2D eigenvalue weighted by Crippen LogP contribution is 2.20. The van der Waals surface area contributed by atoms with Crippen LogP contribution in [0.2, 0.25) is 0 Å². The van der Waals surface area contributed by atoms with Crippen molar-refractivity contribution in [3.63, 3.8) is 0 Å². The minimum absolute atomic E-state index is 0.0152. The van der Waals surface area contributed by atoms with Gasteiger partial charge in [-0.15, -0.1) is 0 Å². The van der Waals surface area contributed by atoms with Crippen LogP contribution in [0.3, 0.4) is 0 Å². The van der Waals surface area contributed by atoms with Crippen molar-refractivity contribution in [3.05, 3.63) is 87.0 Å². The first-order valence-electron chi connectivity index (χ1n) is 6.72. The van der Waals surface area contributed by atoms with E-state index in [1.54, 1.807) is 18.2 Å². The zero-order valence-electron chi connectivity index (χ0n) is 11.8. The number of nitrogens with zero attached hydrogens (tertiary/aromatic N) is 1. The van der Waals surface area contributed by atoms with Gasteiger partial charge in [-0.2, -0.15) is 0 Å². The zero-order chi connectivity index (χ0) is 16.4. The van der Waals surface area contributed by atoms with Crippen molar-refractivity contribution >= 4 is 17.3 Å². The average molecular weight is 303 g/mol. The van der Waals surface area contributed by atoms with Gasteiger partial charge in [0, 0.05) is 34.4 Å². The Morgan fingerprint density at radius 1 is 0.870 bits per heavy atom. The van der Waals surface area contributed by atoms with E-state index in [-0.39, 0.29) is 17.3 Å². The summed E-state index contributed by atoms with van der Waals surface area (Å²) in [6.45, 7) is 0. The molecule has 1 aliphatic rings. The number of fused-ring (bicyclic) bond motifs is 1. The average Bonchev–Trinajstić information content (AvgIpc) is 2.56. The van der Waals surface area contributed by atoms with Crippen LogP contribution in [0.4, 0.5) is 5.69 Å². The van der Waals surface area contributed by atoms with Crippen molar-refractivity contribution in [2.24, 2.45) is 0 Å². The van der Waals surface area contributed by atoms with Gasteiger partial charge in [-0.25, -0.2) is 0 Å². The number of allylic oxidation sites excluding steroid dienone is 2. The van der Waals surface area contributed by atoms with Crippen molar-refractivity contribution in [1.82, 2.24) is 0 Å². The monoisotopic (exact) mass is 303 g/mol. The molecule has 2 aromatic rings. The normalized spacial score (nSPS) is 12.3. The summed E-state index contributed by atoms with van der Waals surface area (Å²) in [5.74, 6) is 5.23. The van der Waals surface area contributed by atoms with Crippen molar-refractivity contribution in [1.29, 1.82) is 0 Å². The summed E-state index contributed by atoms with van der Waals surface area (Å²) in [6, 6.07) is 10.7. The van der Waals surface area contributed by atoms with Crippen LogP contribution in [0.25, 0.3) is 0 Å². The SMILES string of the molecule is O=C1C=CC(=O)c2c(C#Cc3ccc([N+](=O)[O-])cc3)cccc21. The van der Waals surface area contributed by atoms with Crippen LogP contribution in [0.15, 0.2) is 54.6 Å². The van der Waals surface area contributed by atoms with E-state index in [0.29, 0.717) is 22.3 Å². The maximum Gasteiger partial charge on any atom is 0.269 e. The molecule has 5 heteroatoms. The number of nitro benzene ring substituents is 1. The number of hydrogen-bond donors (Lipinski definition) is 0. The Hall–Kier alpha value is -3.52. The lowest BCUT2D eigenvalue weighted by Crippen LogP contribution is -2.13. The lowest BCUT2D eigenvalue weighted by atomic mass is 9.91. The molecule has 0 aliphatic heterocycles. The molecule has 0 aromatic heterocycles. The molecule has 1 aliphatic carbocycles. The molecule has 0 spiro atoms. The molecular weight excluding hydrogens is 294 g/mol. The molecule has 0 fully saturated rings. The highest BCUT2D eigenvalue weighted by Gasteiger charge is 2.21. The van der Waals surface area contributed by atoms with Gasteiger partial charge in [-0.3, -0.25) is 19.7 Å². The summed E-state index contributed by atoms with van der Waals surface area (Å²) in [5.41, 5.74) is 1.67. The van der Waals surface area contributed by atoms with E-state index in [2.05, 4.69) is 11.8 Å². The highest BCUT2D eigenvalue weighted by molar-refractivity contribution is 6.22. The predicted octanol–water partition coefficient (Wildman–Crippen LogP) is 2.93. The fourth-order valence-electron chi connectivity index (χ4n) is 2.26. The Bertz CT molecular complexity index is 928. The van der Waals surface area contributed by atoms with Crippen LogP contribution in [-0.2, 0) is 0 Å². The molecule has 0 amide bonds. The number of nitro groups is 1. The maximum absolute atomic E-state index is 12.0. The number of carbonyl (C=O) groups excluding carboxylic acids is 2. The van der Waals surface area contributed by atoms with Crippen molar-refractivity contribution < 1.29 is 14.5 Å². The van der Waals surface area contributed by atoms with Crippen LogP contribution < -0.4 is 0 Å². The Kier molecular flexibility index (Phi) is 3.57. The largest absolute Gasteiger partial charge is 0.289 e. The van der Waals surface area contributed by atoms with Crippen LogP contribution in [-0.4, -0.2) is 16.5 Å². The quantitative estimate of drug-likeness (QED) is 0.461. The standard InChI is InChI=1S/C18H9NO4/c20-16-10-11-17(21)18-13(2-1-3-15(16)18)7-4-12-5-8-14(9-6-12)19(22)23/h1-3,5-6,8-11H. The van der Waals surface area contributed by atoms with Gasteiger partial charge in [0.2, 0.25) is 0 Å². The second-order valence-corrected chi connectivity index (χ2v) is 4.84. The maximum atomic E-state index is 12.0. The summed E-state index contributed by atoms with van der Waals surface area (Å²) in [4.78, 5) is 33.9. The smallest absolute Gasteiger partial charge is 0.269 e. The summed E-state index contributed by atoms with van der Waals surface area (Å²) >= 11 is 0. The Labute approximate surface area is 131 Å². The third kappa shape index (κ3) is 2.78.